The van der Waals surface area contributed by atoms with E-state index in [1.165, 1.54) is 12.1 Å². The fourth-order valence-electron chi connectivity index (χ4n) is 1.92. The van der Waals surface area contributed by atoms with Gasteiger partial charge in [-0.1, -0.05) is 41.4 Å². The molecule has 0 radical (unpaired) electrons. The van der Waals surface area contributed by atoms with E-state index in [0.717, 1.165) is 16.1 Å². The van der Waals surface area contributed by atoms with E-state index in [1.807, 2.05) is 31.2 Å². The molecule has 1 nitrogen and oxygen atoms in total. The first-order valence-electron chi connectivity index (χ1n) is 5.99. The summed E-state index contributed by atoms with van der Waals surface area (Å²) >= 11 is 11.9. The summed E-state index contributed by atoms with van der Waals surface area (Å²) in [5.74, 6) is -0.324. The van der Waals surface area contributed by atoms with Gasteiger partial charge in [-0.15, -0.1) is 0 Å². The zero-order valence-corrected chi connectivity index (χ0v) is 12.0. The molecule has 100 valence electrons. The molecule has 1 N–H and O–H groups in total. The summed E-state index contributed by atoms with van der Waals surface area (Å²) in [6, 6.07) is 12.3. The smallest absolute Gasteiger partial charge is 0.125 e. The monoisotopic (exact) mass is 297 g/mol. The summed E-state index contributed by atoms with van der Waals surface area (Å²) in [4.78, 5) is 0. The maximum absolute atomic E-state index is 13.2. The summed E-state index contributed by atoms with van der Waals surface area (Å²) < 4.78 is 13.2. The Balaban J connectivity index is 2.04. The van der Waals surface area contributed by atoms with Gasteiger partial charge in [0.1, 0.15) is 5.82 Å². The Hall–Kier alpha value is -1.09. The molecule has 0 aliphatic carbocycles. The zero-order valence-electron chi connectivity index (χ0n) is 10.5. The molecule has 1 atom stereocenters. The van der Waals surface area contributed by atoms with Crippen molar-refractivity contribution in [3.05, 3.63) is 69.5 Å². The first kappa shape index (κ1) is 14.3. The van der Waals surface area contributed by atoms with Gasteiger partial charge in [0.05, 0.1) is 0 Å². The highest BCUT2D eigenvalue weighted by Gasteiger charge is 2.08. The lowest BCUT2D eigenvalue weighted by Crippen LogP contribution is -2.18. The van der Waals surface area contributed by atoms with E-state index in [1.54, 1.807) is 6.07 Å². The highest BCUT2D eigenvalue weighted by molar-refractivity contribution is 6.31. The van der Waals surface area contributed by atoms with Crippen molar-refractivity contribution in [2.75, 3.05) is 0 Å². The van der Waals surface area contributed by atoms with Crippen molar-refractivity contribution in [2.45, 2.75) is 19.5 Å². The number of hydrogen-bond donors (Lipinski definition) is 1. The van der Waals surface area contributed by atoms with E-state index in [0.29, 0.717) is 11.6 Å². The largest absolute Gasteiger partial charge is 0.306 e. The van der Waals surface area contributed by atoms with E-state index in [2.05, 4.69) is 5.32 Å². The molecule has 0 saturated carbocycles. The third kappa shape index (κ3) is 3.93. The SMILES string of the molecule is C[C@@H](NCc1cc(F)cc(Cl)c1)c1ccccc1Cl. The minimum atomic E-state index is -0.324. The van der Waals surface area contributed by atoms with Crippen LogP contribution in [0.4, 0.5) is 4.39 Å². The summed E-state index contributed by atoms with van der Waals surface area (Å²) in [5.41, 5.74) is 1.83. The van der Waals surface area contributed by atoms with Crippen LogP contribution in [0.5, 0.6) is 0 Å². The van der Waals surface area contributed by atoms with Crippen LogP contribution >= 0.6 is 23.2 Å². The Morgan fingerprint density at radius 3 is 2.58 bits per heavy atom. The molecule has 0 bridgehead atoms. The zero-order chi connectivity index (χ0) is 13.8. The lowest BCUT2D eigenvalue weighted by molar-refractivity contribution is 0.569. The van der Waals surface area contributed by atoms with Crippen molar-refractivity contribution < 1.29 is 4.39 Å². The van der Waals surface area contributed by atoms with Crippen LogP contribution in [-0.2, 0) is 6.54 Å². The quantitative estimate of drug-likeness (QED) is 0.839. The van der Waals surface area contributed by atoms with Crippen LogP contribution in [0.25, 0.3) is 0 Å². The molecule has 0 fully saturated rings. The van der Waals surface area contributed by atoms with Gasteiger partial charge < -0.3 is 5.32 Å². The minimum absolute atomic E-state index is 0.0794. The average molecular weight is 298 g/mol. The van der Waals surface area contributed by atoms with Gasteiger partial charge in [-0.3, -0.25) is 0 Å². The first-order valence-corrected chi connectivity index (χ1v) is 6.74. The summed E-state index contributed by atoms with van der Waals surface area (Å²) in [6.07, 6.45) is 0. The fraction of sp³-hybridized carbons (Fsp3) is 0.200. The molecule has 0 aromatic heterocycles. The van der Waals surface area contributed by atoms with E-state index >= 15 is 0 Å². The van der Waals surface area contributed by atoms with Crippen LogP contribution < -0.4 is 5.32 Å². The van der Waals surface area contributed by atoms with E-state index in [9.17, 15) is 4.39 Å². The van der Waals surface area contributed by atoms with Crippen molar-refractivity contribution >= 4 is 23.2 Å². The van der Waals surface area contributed by atoms with Crippen LogP contribution in [0.15, 0.2) is 42.5 Å². The van der Waals surface area contributed by atoms with Gasteiger partial charge in [0, 0.05) is 22.6 Å². The summed E-state index contributed by atoms with van der Waals surface area (Å²) in [6.45, 7) is 2.55. The Labute approximate surface area is 122 Å². The molecule has 2 rings (SSSR count). The number of rotatable bonds is 4. The molecular formula is C15H14Cl2FN. The van der Waals surface area contributed by atoms with E-state index in [-0.39, 0.29) is 11.9 Å². The molecule has 0 heterocycles. The second-order valence-electron chi connectivity index (χ2n) is 4.40. The molecular weight excluding hydrogens is 284 g/mol. The van der Waals surface area contributed by atoms with E-state index in [4.69, 9.17) is 23.2 Å². The Kier molecular flexibility index (Phi) is 4.81. The van der Waals surface area contributed by atoms with Gasteiger partial charge in [0.25, 0.3) is 0 Å². The predicted molar refractivity (Wildman–Crippen MR) is 78.1 cm³/mol. The van der Waals surface area contributed by atoms with Gasteiger partial charge in [0.2, 0.25) is 0 Å². The Morgan fingerprint density at radius 1 is 1.16 bits per heavy atom. The van der Waals surface area contributed by atoms with Crippen molar-refractivity contribution in [1.82, 2.24) is 5.32 Å². The molecule has 19 heavy (non-hydrogen) atoms. The number of hydrogen-bond acceptors (Lipinski definition) is 1. The molecule has 4 heteroatoms. The van der Waals surface area contributed by atoms with Gasteiger partial charge >= 0.3 is 0 Å². The second-order valence-corrected chi connectivity index (χ2v) is 5.25. The Bertz CT molecular complexity index is 552. The molecule has 0 saturated heterocycles. The van der Waals surface area contributed by atoms with Gasteiger partial charge in [0.15, 0.2) is 0 Å². The average Bonchev–Trinajstić information content (AvgIpc) is 2.35. The van der Waals surface area contributed by atoms with Crippen LogP contribution in [0, 0.1) is 5.82 Å². The number of halogens is 3. The standard InChI is InChI=1S/C15H14Cl2FN/c1-10(14-4-2-3-5-15(14)17)19-9-11-6-12(16)8-13(18)7-11/h2-8,10,19H,9H2,1H3/t10-/m1/s1. The molecule has 0 amide bonds. The number of nitrogens with one attached hydrogen (secondary N) is 1. The molecule has 2 aromatic carbocycles. The summed E-state index contributed by atoms with van der Waals surface area (Å²) in [5, 5.41) is 4.43. The van der Waals surface area contributed by atoms with Crippen molar-refractivity contribution in [3.63, 3.8) is 0 Å². The fourth-order valence-corrected chi connectivity index (χ4v) is 2.46. The van der Waals surface area contributed by atoms with Crippen LogP contribution in [0.1, 0.15) is 24.1 Å². The van der Waals surface area contributed by atoms with Gasteiger partial charge in [-0.2, -0.15) is 0 Å². The first-order chi connectivity index (χ1) is 9.06. The van der Waals surface area contributed by atoms with Crippen LogP contribution in [0.2, 0.25) is 10.0 Å². The molecule has 0 spiro atoms. The molecule has 0 aliphatic heterocycles. The lowest BCUT2D eigenvalue weighted by atomic mass is 10.1. The highest BCUT2D eigenvalue weighted by atomic mass is 35.5. The third-order valence-electron chi connectivity index (χ3n) is 2.91. The summed E-state index contributed by atoms with van der Waals surface area (Å²) in [7, 11) is 0. The molecule has 0 unspecified atom stereocenters. The minimum Gasteiger partial charge on any atom is -0.306 e. The van der Waals surface area contributed by atoms with Gasteiger partial charge in [-0.25, -0.2) is 4.39 Å². The normalized spacial score (nSPS) is 12.4. The molecule has 2 aromatic rings. The predicted octanol–water partition coefficient (Wildman–Crippen LogP) is 4.98. The van der Waals surface area contributed by atoms with Crippen molar-refractivity contribution in [3.8, 4) is 0 Å². The highest BCUT2D eigenvalue weighted by Crippen LogP contribution is 2.22. The third-order valence-corrected chi connectivity index (χ3v) is 3.47. The second kappa shape index (κ2) is 6.38. The van der Waals surface area contributed by atoms with Gasteiger partial charge in [-0.05, 0) is 42.3 Å². The molecule has 0 aliphatic rings. The van der Waals surface area contributed by atoms with Crippen molar-refractivity contribution in [1.29, 1.82) is 0 Å². The topological polar surface area (TPSA) is 12.0 Å². The number of benzene rings is 2. The Morgan fingerprint density at radius 2 is 1.89 bits per heavy atom. The maximum atomic E-state index is 13.2. The van der Waals surface area contributed by atoms with Crippen molar-refractivity contribution in [2.24, 2.45) is 0 Å². The van der Waals surface area contributed by atoms with Crippen LogP contribution in [0.3, 0.4) is 0 Å². The lowest BCUT2D eigenvalue weighted by Gasteiger charge is -2.15. The maximum Gasteiger partial charge on any atom is 0.125 e. The van der Waals surface area contributed by atoms with Crippen LogP contribution in [-0.4, -0.2) is 0 Å². The van der Waals surface area contributed by atoms with E-state index < -0.39 is 0 Å².